The maximum atomic E-state index is 12.8. The van der Waals surface area contributed by atoms with E-state index in [1.54, 1.807) is 0 Å². The Morgan fingerprint density at radius 1 is 0.484 bits per heavy atom. The van der Waals surface area contributed by atoms with Gasteiger partial charge in [0.05, 0.1) is 6.61 Å². The van der Waals surface area contributed by atoms with Gasteiger partial charge in [0.2, 0.25) is 0 Å². The van der Waals surface area contributed by atoms with E-state index < -0.39 is 75.7 Å². The molecular formula is C50H91O13P. The lowest BCUT2D eigenvalue weighted by Crippen LogP contribution is -2.64. The van der Waals surface area contributed by atoms with E-state index in [2.05, 4.69) is 50.3 Å². The molecule has 0 aliphatic heterocycles. The molecule has 0 radical (unpaired) electrons. The number of phosphoric ester groups is 1. The van der Waals surface area contributed by atoms with Crippen LogP contribution in [0.3, 0.4) is 0 Å². The Kier molecular flexibility index (Phi) is 37.7. The number of unbranched alkanes of at least 4 members (excludes halogenated alkanes) is 24. The number of carbonyl (C=O) groups excluding carboxylic acids is 2. The second-order valence-electron chi connectivity index (χ2n) is 17.7. The van der Waals surface area contributed by atoms with Crippen LogP contribution in [-0.2, 0) is 32.7 Å². The average molecular weight is 931 g/mol. The van der Waals surface area contributed by atoms with E-state index >= 15 is 0 Å². The van der Waals surface area contributed by atoms with Gasteiger partial charge in [0, 0.05) is 12.8 Å². The molecule has 0 spiro atoms. The van der Waals surface area contributed by atoms with Crippen LogP contribution in [0.15, 0.2) is 36.5 Å². The molecule has 0 bridgehead atoms. The predicted octanol–water partition coefficient (Wildman–Crippen LogP) is 10.6. The summed E-state index contributed by atoms with van der Waals surface area (Å²) in [7, 11) is -5.13. The smallest absolute Gasteiger partial charge is 0.462 e. The van der Waals surface area contributed by atoms with E-state index in [4.69, 9.17) is 18.5 Å². The van der Waals surface area contributed by atoms with Crippen LogP contribution in [0, 0.1) is 0 Å². The van der Waals surface area contributed by atoms with E-state index in [0.29, 0.717) is 12.8 Å². The Hall–Kier alpha value is -1.93. The van der Waals surface area contributed by atoms with Gasteiger partial charge in [-0.25, -0.2) is 4.57 Å². The molecule has 6 unspecified atom stereocenters. The summed E-state index contributed by atoms with van der Waals surface area (Å²) in [5.74, 6) is -1.12. The van der Waals surface area contributed by atoms with Crippen molar-refractivity contribution in [2.45, 2.75) is 256 Å². The minimum atomic E-state index is -5.13. The van der Waals surface area contributed by atoms with Crippen molar-refractivity contribution in [2.24, 2.45) is 0 Å². The van der Waals surface area contributed by atoms with Crippen molar-refractivity contribution < 1.29 is 63.1 Å². The highest BCUT2D eigenvalue weighted by Crippen LogP contribution is 2.47. The molecule has 1 aliphatic carbocycles. The molecule has 1 aliphatic rings. The van der Waals surface area contributed by atoms with Gasteiger partial charge in [0.1, 0.15) is 43.2 Å². The number of hydrogen-bond donors (Lipinski definition) is 6. The molecule has 8 atom stereocenters. The fourth-order valence-electron chi connectivity index (χ4n) is 7.65. The Labute approximate surface area is 387 Å². The zero-order chi connectivity index (χ0) is 47.1. The van der Waals surface area contributed by atoms with Gasteiger partial charge in [-0.15, -0.1) is 0 Å². The van der Waals surface area contributed by atoms with Crippen molar-refractivity contribution >= 4 is 19.8 Å². The van der Waals surface area contributed by atoms with E-state index in [1.807, 2.05) is 0 Å². The number of hydrogen-bond acceptors (Lipinski definition) is 12. The van der Waals surface area contributed by atoms with Gasteiger partial charge in [-0.05, 0) is 51.4 Å². The van der Waals surface area contributed by atoms with Gasteiger partial charge in [-0.3, -0.25) is 18.6 Å². The lowest BCUT2D eigenvalue weighted by molar-refractivity contribution is -0.220. The first-order valence-electron chi connectivity index (χ1n) is 25.3. The lowest BCUT2D eigenvalue weighted by atomic mass is 9.85. The fraction of sp³-hybridized carbons (Fsp3) is 0.840. The molecule has 6 N–H and O–H groups in total. The molecular weight excluding hydrogens is 840 g/mol. The third kappa shape index (κ3) is 31.9. The monoisotopic (exact) mass is 931 g/mol. The maximum absolute atomic E-state index is 12.8. The Bertz CT molecular complexity index is 1260. The second kappa shape index (κ2) is 40.2. The quantitative estimate of drug-likeness (QED) is 0.0146. The number of aliphatic hydroxyl groups is 5. The van der Waals surface area contributed by atoms with Gasteiger partial charge >= 0.3 is 19.8 Å². The predicted molar refractivity (Wildman–Crippen MR) is 253 cm³/mol. The van der Waals surface area contributed by atoms with Crippen molar-refractivity contribution in [3.8, 4) is 0 Å². The van der Waals surface area contributed by atoms with E-state index in [9.17, 15) is 44.6 Å². The first-order valence-corrected chi connectivity index (χ1v) is 26.8. The summed E-state index contributed by atoms with van der Waals surface area (Å²) in [6.45, 7) is 3.28. The van der Waals surface area contributed by atoms with Gasteiger partial charge in [-0.2, -0.15) is 0 Å². The third-order valence-electron chi connectivity index (χ3n) is 11.7. The van der Waals surface area contributed by atoms with Crippen LogP contribution >= 0.6 is 7.82 Å². The van der Waals surface area contributed by atoms with E-state index in [-0.39, 0.29) is 12.8 Å². The van der Waals surface area contributed by atoms with Gasteiger partial charge in [0.15, 0.2) is 6.10 Å². The number of allylic oxidation sites excluding steroid dienone is 6. The second-order valence-corrected chi connectivity index (χ2v) is 19.1. The van der Waals surface area contributed by atoms with Crippen LogP contribution < -0.4 is 0 Å². The molecule has 0 aromatic rings. The summed E-state index contributed by atoms with van der Waals surface area (Å²) in [4.78, 5) is 35.8. The normalized spacial score (nSPS) is 21.8. The van der Waals surface area contributed by atoms with Crippen LogP contribution in [0.5, 0.6) is 0 Å². The highest BCUT2D eigenvalue weighted by molar-refractivity contribution is 7.47. The van der Waals surface area contributed by atoms with Gasteiger partial charge in [-0.1, -0.05) is 185 Å². The van der Waals surface area contributed by atoms with Crippen LogP contribution in [-0.4, -0.2) is 98.3 Å². The highest BCUT2D eigenvalue weighted by atomic mass is 31.2. The zero-order valence-corrected chi connectivity index (χ0v) is 40.7. The minimum absolute atomic E-state index is 0.0727. The summed E-state index contributed by atoms with van der Waals surface area (Å²) < 4.78 is 33.6. The van der Waals surface area contributed by atoms with E-state index in [0.717, 1.165) is 64.2 Å². The van der Waals surface area contributed by atoms with Crippen molar-refractivity contribution in [3.63, 3.8) is 0 Å². The lowest BCUT2D eigenvalue weighted by Gasteiger charge is -2.41. The van der Waals surface area contributed by atoms with Gasteiger partial charge < -0.3 is 39.9 Å². The van der Waals surface area contributed by atoms with Crippen LogP contribution in [0.1, 0.15) is 213 Å². The Balaban J connectivity index is 2.42. The molecule has 0 aromatic carbocycles. The molecule has 0 aromatic heterocycles. The molecule has 64 heavy (non-hydrogen) atoms. The van der Waals surface area contributed by atoms with E-state index in [1.165, 1.54) is 109 Å². The summed E-state index contributed by atoms with van der Waals surface area (Å²) >= 11 is 0. The van der Waals surface area contributed by atoms with Crippen molar-refractivity contribution in [1.82, 2.24) is 0 Å². The molecule has 1 fully saturated rings. The standard InChI is InChI=1S/C50H91O13P/c1-3-5-7-9-11-13-15-17-19-21-23-24-26-28-30-32-34-36-38-43(51)60-40-42(41-61-64(58,59)63-50-48(56)46(54)45(53)47(55)49(50)57)62-44(52)39-37-35-33-31-29-27-25-22-20-18-16-14-12-10-8-6-4-2/h12,14,18,20,25,27,42,45-50,53-57H,3-11,13,15-17,19,21-24,26,28-41H2,1-2H3,(H,58,59)/b14-12-,20-18-,27-25-/t42-,45?,46-,47?,48?,49?,50?/m1/s1. The molecule has 13 nitrogen and oxygen atoms in total. The number of rotatable bonds is 42. The minimum Gasteiger partial charge on any atom is -0.462 e. The number of ether oxygens (including phenoxy) is 2. The third-order valence-corrected chi connectivity index (χ3v) is 12.7. The number of phosphoric acid groups is 1. The molecule has 0 amide bonds. The Morgan fingerprint density at radius 3 is 1.31 bits per heavy atom. The number of aliphatic hydroxyl groups excluding tert-OH is 5. The molecule has 374 valence electrons. The first kappa shape index (κ1) is 60.1. The van der Waals surface area contributed by atoms with Crippen molar-refractivity contribution in [1.29, 1.82) is 0 Å². The molecule has 1 saturated carbocycles. The van der Waals surface area contributed by atoms with Crippen molar-refractivity contribution in [3.05, 3.63) is 36.5 Å². The molecule has 0 saturated heterocycles. The SMILES string of the molecule is CCCCC/C=C\C/C=C\C/C=C\CCCCCCC(=O)O[C@H](COC(=O)CCCCCCCCCCCCCCCCCCCC)COP(=O)(O)OC1C(O)C(O)C(O)[C@@H](O)C1O. The summed E-state index contributed by atoms with van der Waals surface area (Å²) in [5.41, 5.74) is 0. The Morgan fingerprint density at radius 2 is 0.844 bits per heavy atom. The zero-order valence-electron chi connectivity index (χ0n) is 39.8. The summed E-state index contributed by atoms with van der Waals surface area (Å²) in [6.07, 6.45) is 33.3. The van der Waals surface area contributed by atoms with Crippen LogP contribution in [0.25, 0.3) is 0 Å². The average Bonchev–Trinajstić information content (AvgIpc) is 3.28. The highest BCUT2D eigenvalue weighted by Gasteiger charge is 2.51. The number of carbonyl (C=O) groups is 2. The fourth-order valence-corrected chi connectivity index (χ4v) is 8.62. The summed E-state index contributed by atoms with van der Waals surface area (Å²) in [5, 5.41) is 50.2. The molecule has 0 heterocycles. The van der Waals surface area contributed by atoms with Gasteiger partial charge in [0.25, 0.3) is 0 Å². The topological polar surface area (TPSA) is 210 Å². The number of esters is 2. The molecule has 14 heteroatoms. The molecule has 1 rings (SSSR count). The van der Waals surface area contributed by atoms with Crippen molar-refractivity contribution in [2.75, 3.05) is 13.2 Å². The largest absolute Gasteiger partial charge is 0.472 e. The summed E-state index contributed by atoms with van der Waals surface area (Å²) in [6, 6.07) is 0. The first-order chi connectivity index (χ1) is 30.9. The van der Waals surface area contributed by atoms with Crippen LogP contribution in [0.2, 0.25) is 0 Å². The van der Waals surface area contributed by atoms with Crippen LogP contribution in [0.4, 0.5) is 0 Å². The maximum Gasteiger partial charge on any atom is 0.472 e.